The van der Waals surface area contributed by atoms with Crippen LogP contribution in [0.4, 0.5) is 5.69 Å². The molecule has 0 fully saturated rings. The van der Waals surface area contributed by atoms with Crippen molar-refractivity contribution in [1.29, 1.82) is 0 Å². The summed E-state index contributed by atoms with van der Waals surface area (Å²) in [5.74, 6) is 0.883. The van der Waals surface area contributed by atoms with Crippen LogP contribution in [0.15, 0.2) is 76.5 Å². The zero-order valence-corrected chi connectivity index (χ0v) is 20.6. The topological polar surface area (TPSA) is 67.9 Å². The quantitative estimate of drug-likeness (QED) is 0.465. The molecule has 2 amide bonds. The summed E-state index contributed by atoms with van der Waals surface area (Å²) >= 11 is 7.51. The summed E-state index contributed by atoms with van der Waals surface area (Å²) in [6.45, 7) is 2.82. The molecular formula is C27H23ClN2O4S. The van der Waals surface area contributed by atoms with Gasteiger partial charge in [0.15, 0.2) is 11.5 Å². The number of ether oxygens (including phenoxy) is 2. The zero-order valence-electron chi connectivity index (χ0n) is 19.0. The van der Waals surface area contributed by atoms with Gasteiger partial charge in [-0.05, 0) is 60.5 Å². The lowest BCUT2D eigenvalue weighted by Gasteiger charge is -2.30. The second kappa shape index (κ2) is 10.1. The fraction of sp³-hybridized carbons (Fsp3) is 0.185. The molecule has 0 saturated heterocycles. The number of nitrogens with zero attached hydrogens (tertiary/aromatic N) is 1. The summed E-state index contributed by atoms with van der Waals surface area (Å²) in [7, 11) is 0. The van der Waals surface area contributed by atoms with Crippen LogP contribution in [-0.4, -0.2) is 31.6 Å². The van der Waals surface area contributed by atoms with Gasteiger partial charge in [0.2, 0.25) is 5.91 Å². The Bertz CT molecular complexity index is 1330. The lowest BCUT2D eigenvalue weighted by molar-refractivity contribution is -0.122. The van der Waals surface area contributed by atoms with Crippen molar-refractivity contribution in [3.63, 3.8) is 0 Å². The lowest BCUT2D eigenvalue weighted by Crippen LogP contribution is -2.43. The molecule has 1 atom stereocenters. The average Bonchev–Trinajstić information content (AvgIpc) is 2.86. The Kier molecular flexibility index (Phi) is 6.70. The fourth-order valence-corrected chi connectivity index (χ4v) is 5.27. The molecule has 3 aromatic carbocycles. The number of carbonyl (C=O) groups excluding carboxylic acids is 2. The first kappa shape index (κ1) is 23.3. The Morgan fingerprint density at radius 1 is 1.09 bits per heavy atom. The highest BCUT2D eigenvalue weighted by Gasteiger charge is 2.31. The monoisotopic (exact) mass is 506 g/mol. The Hall–Kier alpha value is -3.42. The number of amides is 2. The molecule has 0 radical (unpaired) electrons. The van der Waals surface area contributed by atoms with E-state index in [1.807, 2.05) is 61.5 Å². The largest absolute Gasteiger partial charge is 0.486 e. The Balaban J connectivity index is 1.35. The number of hydrogen-bond donors (Lipinski definition) is 1. The van der Waals surface area contributed by atoms with E-state index in [-0.39, 0.29) is 24.4 Å². The smallest absolute Gasteiger partial charge is 0.265 e. The predicted molar refractivity (Wildman–Crippen MR) is 138 cm³/mol. The first-order chi connectivity index (χ1) is 17.0. The van der Waals surface area contributed by atoms with Gasteiger partial charge in [-0.2, -0.15) is 0 Å². The van der Waals surface area contributed by atoms with Crippen LogP contribution in [0.2, 0.25) is 5.02 Å². The predicted octanol–water partition coefficient (Wildman–Crippen LogP) is 5.47. The SMILES string of the molecule is C[C@@H](NC(=O)CN1C(=O)/C(=C/c2cccc(Cl)c2)Sc2ccccc21)c1ccc2c(c1)OCCO2. The van der Waals surface area contributed by atoms with E-state index in [4.69, 9.17) is 21.1 Å². The van der Waals surface area contributed by atoms with E-state index < -0.39 is 0 Å². The minimum Gasteiger partial charge on any atom is -0.486 e. The molecule has 2 aliphatic heterocycles. The molecule has 5 rings (SSSR count). The maximum absolute atomic E-state index is 13.4. The van der Waals surface area contributed by atoms with Crippen molar-refractivity contribution in [2.24, 2.45) is 0 Å². The van der Waals surface area contributed by atoms with Crippen LogP contribution in [-0.2, 0) is 9.59 Å². The Labute approximate surface area is 212 Å². The van der Waals surface area contributed by atoms with E-state index in [2.05, 4.69) is 5.32 Å². The molecule has 0 aliphatic carbocycles. The Morgan fingerprint density at radius 2 is 1.89 bits per heavy atom. The van der Waals surface area contributed by atoms with Gasteiger partial charge >= 0.3 is 0 Å². The van der Waals surface area contributed by atoms with Gasteiger partial charge in [-0.25, -0.2) is 0 Å². The minimum absolute atomic E-state index is 0.0990. The van der Waals surface area contributed by atoms with Crippen LogP contribution < -0.4 is 19.7 Å². The number of benzene rings is 3. The fourth-order valence-electron chi connectivity index (χ4n) is 4.01. The van der Waals surface area contributed by atoms with Gasteiger partial charge in [-0.3, -0.25) is 14.5 Å². The van der Waals surface area contributed by atoms with Gasteiger partial charge in [-0.15, -0.1) is 0 Å². The van der Waals surface area contributed by atoms with Crippen LogP contribution in [0.25, 0.3) is 6.08 Å². The molecule has 0 unspecified atom stereocenters. The molecule has 8 heteroatoms. The maximum atomic E-state index is 13.4. The van der Waals surface area contributed by atoms with E-state index in [0.29, 0.717) is 40.3 Å². The second-order valence-corrected chi connectivity index (χ2v) is 9.74. The van der Waals surface area contributed by atoms with Crippen molar-refractivity contribution < 1.29 is 19.1 Å². The van der Waals surface area contributed by atoms with Gasteiger partial charge in [-0.1, -0.05) is 53.7 Å². The summed E-state index contributed by atoms with van der Waals surface area (Å²) in [5.41, 5.74) is 2.43. The number of nitrogens with one attached hydrogen (secondary N) is 1. The third-order valence-corrected chi connectivity index (χ3v) is 7.04. The van der Waals surface area contributed by atoms with Crippen molar-refractivity contribution >= 4 is 46.9 Å². The van der Waals surface area contributed by atoms with Crippen LogP contribution in [0, 0.1) is 0 Å². The molecule has 0 saturated carbocycles. The van der Waals surface area contributed by atoms with Gasteiger partial charge in [0, 0.05) is 9.92 Å². The first-order valence-electron chi connectivity index (χ1n) is 11.2. The minimum atomic E-state index is -0.274. The van der Waals surface area contributed by atoms with Gasteiger partial charge < -0.3 is 14.8 Å². The molecule has 1 N–H and O–H groups in total. The number of thioether (sulfide) groups is 1. The van der Waals surface area contributed by atoms with Crippen LogP contribution in [0.3, 0.4) is 0 Å². The first-order valence-corrected chi connectivity index (χ1v) is 12.4. The molecule has 178 valence electrons. The molecular weight excluding hydrogens is 484 g/mol. The number of rotatable bonds is 5. The van der Waals surface area contributed by atoms with E-state index in [0.717, 1.165) is 16.0 Å². The van der Waals surface area contributed by atoms with Gasteiger partial charge in [0.05, 0.1) is 16.6 Å². The number of fused-ring (bicyclic) bond motifs is 2. The third kappa shape index (κ3) is 5.16. The zero-order chi connectivity index (χ0) is 24.4. The molecule has 0 spiro atoms. The van der Waals surface area contributed by atoms with Crippen molar-refractivity contribution in [3.05, 3.63) is 87.8 Å². The molecule has 0 bridgehead atoms. The van der Waals surface area contributed by atoms with Gasteiger partial charge in [0.1, 0.15) is 19.8 Å². The Morgan fingerprint density at radius 3 is 2.71 bits per heavy atom. The molecule has 6 nitrogen and oxygen atoms in total. The molecule has 3 aromatic rings. The van der Waals surface area contributed by atoms with Crippen LogP contribution in [0.1, 0.15) is 24.1 Å². The molecule has 0 aromatic heterocycles. The van der Waals surface area contributed by atoms with Gasteiger partial charge in [0.25, 0.3) is 5.91 Å². The van der Waals surface area contributed by atoms with Crippen LogP contribution in [0.5, 0.6) is 11.5 Å². The van der Waals surface area contributed by atoms with Crippen molar-refractivity contribution in [3.8, 4) is 11.5 Å². The summed E-state index contributed by atoms with van der Waals surface area (Å²) < 4.78 is 11.2. The standard InChI is InChI=1S/C27H23ClN2O4S/c1-17(19-9-10-22-23(15-19)34-12-11-33-22)29-26(31)16-30-21-7-2-3-8-24(21)35-25(27(30)32)14-18-5-4-6-20(28)13-18/h2-10,13-15,17H,11-12,16H2,1H3,(H,29,31)/b25-14-/t17-/m1/s1. The maximum Gasteiger partial charge on any atom is 0.265 e. The normalized spacial score (nSPS) is 16.6. The molecule has 2 heterocycles. The number of halogens is 1. The number of hydrogen-bond acceptors (Lipinski definition) is 5. The summed E-state index contributed by atoms with van der Waals surface area (Å²) in [6.07, 6.45) is 1.80. The number of para-hydroxylation sites is 1. The number of anilines is 1. The average molecular weight is 507 g/mol. The van der Waals surface area contributed by atoms with Crippen molar-refractivity contribution in [1.82, 2.24) is 5.32 Å². The van der Waals surface area contributed by atoms with E-state index >= 15 is 0 Å². The molecule has 2 aliphatic rings. The summed E-state index contributed by atoms with van der Waals surface area (Å²) in [6, 6.07) is 20.3. The van der Waals surface area contributed by atoms with Crippen molar-refractivity contribution in [2.45, 2.75) is 17.9 Å². The van der Waals surface area contributed by atoms with Crippen molar-refractivity contribution in [2.75, 3.05) is 24.7 Å². The van der Waals surface area contributed by atoms with E-state index in [1.54, 1.807) is 18.2 Å². The second-order valence-electron chi connectivity index (χ2n) is 8.22. The van der Waals surface area contributed by atoms with E-state index in [9.17, 15) is 9.59 Å². The third-order valence-electron chi connectivity index (χ3n) is 5.72. The highest BCUT2D eigenvalue weighted by Crippen LogP contribution is 2.42. The van der Waals surface area contributed by atoms with E-state index in [1.165, 1.54) is 16.7 Å². The summed E-state index contributed by atoms with van der Waals surface area (Å²) in [5, 5.41) is 3.60. The van der Waals surface area contributed by atoms with Crippen LogP contribution >= 0.6 is 23.4 Å². The lowest BCUT2D eigenvalue weighted by atomic mass is 10.1. The highest BCUT2D eigenvalue weighted by atomic mass is 35.5. The summed E-state index contributed by atoms with van der Waals surface area (Å²) in [4.78, 5) is 29.4. The number of carbonyl (C=O) groups is 2. The highest BCUT2D eigenvalue weighted by molar-refractivity contribution is 8.04. The molecule has 35 heavy (non-hydrogen) atoms.